The average Bonchev–Trinajstić information content (AvgIpc) is 2.83. The highest BCUT2D eigenvalue weighted by molar-refractivity contribution is 5.78. The fourth-order valence-electron chi connectivity index (χ4n) is 4.94. The molecule has 29 heavy (non-hydrogen) atoms. The van der Waals surface area contributed by atoms with E-state index in [0.717, 1.165) is 50.1 Å². The standard InChI is InChI=1S/C25H32N2O2/c1-19-7-6-8-20(15-19)16-24(28)27(3)22-11-13-25(14-12-22)18-26(2)17-21-9-4-5-10-23(21)29-25/h4-10,15,22H,11-14,16-18H2,1-3H3. The van der Waals surface area contributed by atoms with Crippen LogP contribution in [0.2, 0.25) is 0 Å². The van der Waals surface area contributed by atoms with Gasteiger partial charge in [-0.05, 0) is 51.3 Å². The van der Waals surface area contributed by atoms with Gasteiger partial charge in [0.1, 0.15) is 11.4 Å². The number of likely N-dealkylation sites (N-methyl/N-ethyl adjacent to an activating group) is 2. The smallest absolute Gasteiger partial charge is 0.226 e. The molecule has 0 unspecified atom stereocenters. The van der Waals surface area contributed by atoms with E-state index in [1.54, 1.807) is 0 Å². The first-order valence-corrected chi connectivity index (χ1v) is 10.7. The maximum atomic E-state index is 12.8. The molecule has 1 amide bonds. The Bertz CT molecular complexity index is 871. The summed E-state index contributed by atoms with van der Waals surface area (Å²) in [7, 11) is 4.15. The molecule has 154 valence electrons. The summed E-state index contributed by atoms with van der Waals surface area (Å²) in [6.45, 7) is 3.94. The first kappa shape index (κ1) is 20.0. The molecule has 4 heteroatoms. The zero-order chi connectivity index (χ0) is 20.4. The molecule has 1 aliphatic carbocycles. The van der Waals surface area contributed by atoms with Gasteiger partial charge >= 0.3 is 0 Å². The van der Waals surface area contributed by atoms with Crippen LogP contribution in [-0.4, -0.2) is 48.0 Å². The molecule has 1 aliphatic heterocycles. The molecule has 2 aliphatic rings. The molecule has 0 radical (unpaired) electrons. The number of amides is 1. The number of ether oxygens (including phenoxy) is 1. The molecule has 0 N–H and O–H groups in total. The third-order valence-corrected chi connectivity index (χ3v) is 6.54. The van der Waals surface area contributed by atoms with Crippen LogP contribution in [0, 0.1) is 6.92 Å². The second-order valence-corrected chi connectivity index (χ2v) is 8.97. The second kappa shape index (κ2) is 8.19. The lowest BCUT2D eigenvalue weighted by molar-refractivity contribution is -0.133. The molecule has 0 atom stereocenters. The summed E-state index contributed by atoms with van der Waals surface area (Å²) in [5.41, 5.74) is 3.42. The van der Waals surface area contributed by atoms with Crippen molar-refractivity contribution in [1.82, 2.24) is 9.80 Å². The highest BCUT2D eigenvalue weighted by atomic mass is 16.5. The zero-order valence-corrected chi connectivity index (χ0v) is 17.9. The van der Waals surface area contributed by atoms with E-state index in [9.17, 15) is 4.79 Å². The molecular formula is C25H32N2O2. The molecule has 2 aromatic carbocycles. The van der Waals surface area contributed by atoms with Gasteiger partial charge in [-0.2, -0.15) is 0 Å². The van der Waals surface area contributed by atoms with Gasteiger partial charge in [0, 0.05) is 31.7 Å². The van der Waals surface area contributed by atoms with Crippen molar-refractivity contribution in [1.29, 1.82) is 0 Å². The number of benzene rings is 2. The lowest BCUT2D eigenvalue weighted by Crippen LogP contribution is -2.51. The molecule has 4 rings (SSSR count). The molecule has 4 nitrogen and oxygen atoms in total. The average molecular weight is 393 g/mol. The van der Waals surface area contributed by atoms with Gasteiger partial charge in [0.15, 0.2) is 0 Å². The van der Waals surface area contributed by atoms with Crippen molar-refractivity contribution in [2.24, 2.45) is 0 Å². The van der Waals surface area contributed by atoms with E-state index in [2.05, 4.69) is 55.3 Å². The number of aryl methyl sites for hydroxylation is 1. The third-order valence-electron chi connectivity index (χ3n) is 6.54. The van der Waals surface area contributed by atoms with Crippen molar-refractivity contribution in [3.8, 4) is 5.75 Å². The van der Waals surface area contributed by atoms with Gasteiger partial charge in [-0.1, -0.05) is 48.0 Å². The van der Waals surface area contributed by atoms with E-state index in [1.807, 2.05) is 24.1 Å². The summed E-state index contributed by atoms with van der Waals surface area (Å²) in [5.74, 6) is 1.24. The number of hydrogen-bond acceptors (Lipinski definition) is 3. The maximum absolute atomic E-state index is 12.8. The molecule has 0 aromatic heterocycles. The van der Waals surface area contributed by atoms with Gasteiger partial charge in [-0.15, -0.1) is 0 Å². The van der Waals surface area contributed by atoms with Gasteiger partial charge in [0.2, 0.25) is 5.91 Å². The van der Waals surface area contributed by atoms with E-state index in [0.29, 0.717) is 12.5 Å². The number of nitrogens with zero attached hydrogens (tertiary/aromatic N) is 2. The van der Waals surface area contributed by atoms with Crippen LogP contribution in [-0.2, 0) is 17.8 Å². The lowest BCUT2D eigenvalue weighted by Gasteiger charge is -2.43. The normalized spacial score (nSPS) is 24.4. The summed E-state index contributed by atoms with van der Waals surface area (Å²) in [6.07, 6.45) is 4.43. The minimum absolute atomic E-state index is 0.141. The molecule has 1 spiro atoms. The Hall–Kier alpha value is -2.33. The number of carbonyl (C=O) groups excluding carboxylic acids is 1. The van der Waals surface area contributed by atoms with E-state index in [4.69, 9.17) is 4.74 Å². The fourth-order valence-corrected chi connectivity index (χ4v) is 4.94. The van der Waals surface area contributed by atoms with Crippen LogP contribution in [0.25, 0.3) is 0 Å². The predicted molar refractivity (Wildman–Crippen MR) is 116 cm³/mol. The van der Waals surface area contributed by atoms with Crippen molar-refractivity contribution in [2.45, 2.75) is 57.2 Å². The quantitative estimate of drug-likeness (QED) is 0.785. The third kappa shape index (κ3) is 4.48. The van der Waals surface area contributed by atoms with Crippen LogP contribution < -0.4 is 4.74 Å². The first-order chi connectivity index (χ1) is 13.9. The van der Waals surface area contributed by atoms with Crippen molar-refractivity contribution in [3.05, 3.63) is 65.2 Å². The van der Waals surface area contributed by atoms with Crippen LogP contribution in [0.3, 0.4) is 0 Å². The largest absolute Gasteiger partial charge is 0.486 e. The Morgan fingerprint density at radius 2 is 1.93 bits per heavy atom. The fraction of sp³-hybridized carbons (Fsp3) is 0.480. The van der Waals surface area contributed by atoms with Crippen molar-refractivity contribution >= 4 is 5.91 Å². The highest BCUT2D eigenvalue weighted by Gasteiger charge is 2.41. The number of rotatable bonds is 3. The van der Waals surface area contributed by atoms with Gasteiger partial charge in [0.25, 0.3) is 0 Å². The Labute approximate surface area is 174 Å². The van der Waals surface area contributed by atoms with Gasteiger partial charge in [-0.3, -0.25) is 9.69 Å². The van der Waals surface area contributed by atoms with Crippen LogP contribution >= 0.6 is 0 Å². The SMILES string of the molecule is Cc1cccc(CC(=O)N(C)C2CCC3(CC2)CN(C)Cc2ccccc2O3)c1. The monoisotopic (exact) mass is 392 g/mol. The minimum atomic E-state index is -0.141. The Kier molecular flexibility index (Phi) is 5.64. The number of para-hydroxylation sites is 1. The molecule has 0 saturated heterocycles. The van der Waals surface area contributed by atoms with Gasteiger partial charge < -0.3 is 9.64 Å². The number of carbonyl (C=O) groups is 1. The summed E-state index contributed by atoms with van der Waals surface area (Å²) < 4.78 is 6.61. The Morgan fingerprint density at radius 1 is 1.17 bits per heavy atom. The van der Waals surface area contributed by atoms with Crippen LogP contribution in [0.5, 0.6) is 5.75 Å². The van der Waals surface area contributed by atoms with E-state index in [-0.39, 0.29) is 11.5 Å². The summed E-state index contributed by atoms with van der Waals surface area (Å²) in [5, 5.41) is 0. The van der Waals surface area contributed by atoms with Crippen molar-refractivity contribution in [3.63, 3.8) is 0 Å². The van der Waals surface area contributed by atoms with Crippen molar-refractivity contribution in [2.75, 3.05) is 20.6 Å². The Balaban J connectivity index is 1.40. The minimum Gasteiger partial charge on any atom is -0.486 e. The molecule has 1 fully saturated rings. The summed E-state index contributed by atoms with van der Waals surface area (Å²) >= 11 is 0. The van der Waals surface area contributed by atoms with Crippen LogP contribution in [0.15, 0.2) is 48.5 Å². The highest BCUT2D eigenvalue weighted by Crippen LogP contribution is 2.39. The van der Waals surface area contributed by atoms with Gasteiger partial charge in [0.05, 0.1) is 6.42 Å². The van der Waals surface area contributed by atoms with Crippen LogP contribution in [0.1, 0.15) is 42.4 Å². The Morgan fingerprint density at radius 3 is 2.69 bits per heavy atom. The predicted octanol–water partition coefficient (Wildman–Crippen LogP) is 4.20. The molecule has 1 saturated carbocycles. The van der Waals surface area contributed by atoms with Crippen LogP contribution in [0.4, 0.5) is 0 Å². The lowest BCUT2D eigenvalue weighted by atomic mass is 9.81. The van der Waals surface area contributed by atoms with Gasteiger partial charge in [-0.25, -0.2) is 0 Å². The number of fused-ring (bicyclic) bond motifs is 1. The van der Waals surface area contributed by atoms with E-state index in [1.165, 1.54) is 11.1 Å². The van der Waals surface area contributed by atoms with Crippen molar-refractivity contribution < 1.29 is 9.53 Å². The number of hydrogen-bond donors (Lipinski definition) is 0. The first-order valence-electron chi connectivity index (χ1n) is 10.7. The topological polar surface area (TPSA) is 32.8 Å². The summed E-state index contributed by atoms with van der Waals surface area (Å²) in [4.78, 5) is 17.2. The van der Waals surface area contributed by atoms with E-state index < -0.39 is 0 Å². The second-order valence-electron chi connectivity index (χ2n) is 8.97. The summed E-state index contributed by atoms with van der Waals surface area (Å²) in [6, 6.07) is 16.9. The molecule has 1 heterocycles. The molecular weight excluding hydrogens is 360 g/mol. The van der Waals surface area contributed by atoms with E-state index >= 15 is 0 Å². The molecule has 0 bridgehead atoms. The zero-order valence-electron chi connectivity index (χ0n) is 17.9. The molecule has 2 aromatic rings. The maximum Gasteiger partial charge on any atom is 0.226 e.